The Morgan fingerprint density at radius 3 is 2.47 bits per heavy atom. The molecule has 6 nitrogen and oxygen atoms in total. The number of nitrogens with one attached hydrogen (secondary N) is 2. The number of aromatic nitrogens is 1. The van der Waals surface area contributed by atoms with Crippen LogP contribution in [0.15, 0.2) is 72.8 Å². The highest BCUT2D eigenvalue weighted by Gasteiger charge is 2.10. The van der Waals surface area contributed by atoms with Gasteiger partial charge in [-0.15, -0.1) is 11.3 Å². The van der Waals surface area contributed by atoms with Gasteiger partial charge >= 0.3 is 0 Å². The van der Waals surface area contributed by atoms with Gasteiger partial charge in [-0.1, -0.05) is 24.3 Å². The third-order valence-corrected chi connectivity index (χ3v) is 6.01. The number of rotatable bonds is 8. The molecule has 1 heterocycles. The van der Waals surface area contributed by atoms with E-state index in [9.17, 15) is 9.59 Å². The van der Waals surface area contributed by atoms with Gasteiger partial charge in [-0.05, 0) is 61.4 Å². The van der Waals surface area contributed by atoms with Crippen molar-refractivity contribution >= 4 is 44.7 Å². The number of methoxy groups -OCH3 is 1. The van der Waals surface area contributed by atoms with Crippen molar-refractivity contribution in [1.29, 1.82) is 0 Å². The minimum absolute atomic E-state index is 0.0580. The van der Waals surface area contributed by atoms with Crippen LogP contribution in [-0.2, 0) is 11.2 Å². The van der Waals surface area contributed by atoms with E-state index in [0.29, 0.717) is 29.1 Å². The second-order valence-corrected chi connectivity index (χ2v) is 8.32. The average Bonchev–Trinajstić information content (AvgIpc) is 3.22. The molecule has 0 atom stereocenters. The third kappa shape index (κ3) is 5.31. The number of carbonyl (C=O) groups is 2. The van der Waals surface area contributed by atoms with Crippen LogP contribution in [0.2, 0.25) is 0 Å². The van der Waals surface area contributed by atoms with Crippen LogP contribution in [0.25, 0.3) is 10.2 Å². The zero-order valence-electron chi connectivity index (χ0n) is 17.6. The Balaban J connectivity index is 1.27. The molecule has 32 heavy (non-hydrogen) atoms. The minimum atomic E-state index is -0.247. The predicted molar refractivity (Wildman–Crippen MR) is 129 cm³/mol. The van der Waals surface area contributed by atoms with Gasteiger partial charge < -0.3 is 15.4 Å². The van der Waals surface area contributed by atoms with Gasteiger partial charge in [0.25, 0.3) is 5.91 Å². The Hall–Kier alpha value is -3.71. The number of thiazole rings is 1. The molecule has 0 bridgehead atoms. The molecule has 1 aromatic heterocycles. The summed E-state index contributed by atoms with van der Waals surface area (Å²) in [5, 5.41) is 6.76. The van der Waals surface area contributed by atoms with Crippen LogP contribution in [0.3, 0.4) is 0 Å². The second kappa shape index (κ2) is 10.1. The van der Waals surface area contributed by atoms with Gasteiger partial charge in [0.1, 0.15) is 5.75 Å². The molecule has 0 fully saturated rings. The number of fused-ring (bicyclic) bond motifs is 1. The number of aryl methyl sites for hydroxylation is 1. The number of hydrogen-bond acceptors (Lipinski definition) is 5. The molecule has 4 rings (SSSR count). The molecule has 2 amide bonds. The number of hydrogen-bond donors (Lipinski definition) is 2. The number of benzene rings is 3. The fraction of sp³-hybridized carbons (Fsp3) is 0.160. The van der Waals surface area contributed by atoms with Crippen molar-refractivity contribution in [3.8, 4) is 5.75 Å². The third-order valence-electron chi connectivity index (χ3n) is 4.92. The van der Waals surface area contributed by atoms with Gasteiger partial charge in [0.15, 0.2) is 0 Å². The van der Waals surface area contributed by atoms with E-state index in [4.69, 9.17) is 4.74 Å². The summed E-state index contributed by atoms with van der Waals surface area (Å²) in [4.78, 5) is 29.4. The lowest BCUT2D eigenvalue weighted by atomic mass is 10.1. The monoisotopic (exact) mass is 445 g/mol. The second-order valence-electron chi connectivity index (χ2n) is 7.21. The zero-order valence-corrected chi connectivity index (χ0v) is 18.4. The molecule has 4 aromatic rings. The van der Waals surface area contributed by atoms with E-state index in [1.807, 2.05) is 30.3 Å². The highest BCUT2D eigenvalue weighted by atomic mass is 32.1. The first-order valence-electron chi connectivity index (χ1n) is 10.3. The van der Waals surface area contributed by atoms with Gasteiger partial charge in [-0.3, -0.25) is 9.59 Å². The van der Waals surface area contributed by atoms with Crippen molar-refractivity contribution in [2.75, 3.05) is 17.7 Å². The molecule has 0 aliphatic carbocycles. The smallest absolute Gasteiger partial charge is 0.255 e. The first kappa shape index (κ1) is 21.5. The van der Waals surface area contributed by atoms with E-state index < -0.39 is 0 Å². The van der Waals surface area contributed by atoms with Crippen molar-refractivity contribution in [3.05, 3.63) is 83.4 Å². The van der Waals surface area contributed by atoms with E-state index in [0.717, 1.165) is 23.4 Å². The van der Waals surface area contributed by atoms with Gasteiger partial charge in [-0.2, -0.15) is 0 Å². The van der Waals surface area contributed by atoms with Crippen LogP contribution in [0.4, 0.5) is 11.4 Å². The van der Waals surface area contributed by atoms with Crippen molar-refractivity contribution in [1.82, 2.24) is 4.98 Å². The van der Waals surface area contributed by atoms with Crippen molar-refractivity contribution in [2.45, 2.75) is 19.3 Å². The van der Waals surface area contributed by atoms with Crippen molar-refractivity contribution < 1.29 is 14.3 Å². The summed E-state index contributed by atoms with van der Waals surface area (Å²) in [5.41, 5.74) is 2.76. The van der Waals surface area contributed by atoms with Crippen molar-refractivity contribution in [3.63, 3.8) is 0 Å². The lowest BCUT2D eigenvalue weighted by molar-refractivity contribution is -0.116. The number of carbonyl (C=O) groups excluding carboxylic acids is 2. The minimum Gasteiger partial charge on any atom is -0.495 e. The standard InChI is InChI=1S/C25H23N3O3S/c1-31-21-9-4-2-7-19(21)28-25(30)17-13-15-18(16-14-17)26-23(29)11-6-12-24-27-20-8-3-5-10-22(20)32-24/h2-5,7-10,13-16H,6,11-12H2,1H3,(H,26,29)(H,28,30). The topological polar surface area (TPSA) is 80.3 Å². The molecule has 0 aliphatic heterocycles. The van der Waals surface area contributed by atoms with E-state index in [1.165, 1.54) is 4.70 Å². The maximum Gasteiger partial charge on any atom is 0.255 e. The van der Waals surface area contributed by atoms with Crippen LogP contribution < -0.4 is 15.4 Å². The molecule has 3 aromatic carbocycles. The summed E-state index contributed by atoms with van der Waals surface area (Å²) in [6, 6.07) is 22.1. The molecule has 0 saturated heterocycles. The Morgan fingerprint density at radius 1 is 0.938 bits per heavy atom. The molecule has 0 aliphatic rings. The molecular formula is C25H23N3O3S. The largest absolute Gasteiger partial charge is 0.495 e. The molecule has 0 radical (unpaired) electrons. The van der Waals surface area contributed by atoms with Crippen molar-refractivity contribution in [2.24, 2.45) is 0 Å². The van der Waals surface area contributed by atoms with Crippen LogP contribution in [0, 0.1) is 0 Å². The number of amides is 2. The summed E-state index contributed by atoms with van der Waals surface area (Å²) in [5.74, 6) is 0.288. The fourth-order valence-electron chi connectivity index (χ4n) is 3.30. The van der Waals surface area contributed by atoms with E-state index in [-0.39, 0.29) is 11.8 Å². The predicted octanol–water partition coefficient (Wildman–Crippen LogP) is 5.52. The summed E-state index contributed by atoms with van der Waals surface area (Å²) < 4.78 is 6.42. The van der Waals surface area contributed by atoms with Crippen LogP contribution in [-0.4, -0.2) is 23.9 Å². The molecule has 0 unspecified atom stereocenters. The van der Waals surface area contributed by atoms with E-state index >= 15 is 0 Å². The first-order chi connectivity index (χ1) is 15.6. The molecule has 2 N–H and O–H groups in total. The SMILES string of the molecule is COc1ccccc1NC(=O)c1ccc(NC(=O)CCCc2nc3ccccc3s2)cc1. The zero-order chi connectivity index (χ0) is 22.3. The number of para-hydroxylation sites is 3. The Labute approximate surface area is 190 Å². The lowest BCUT2D eigenvalue weighted by Gasteiger charge is -2.10. The van der Waals surface area contributed by atoms with Crippen LogP contribution in [0.1, 0.15) is 28.2 Å². The molecular weight excluding hydrogens is 422 g/mol. The van der Waals surface area contributed by atoms with Gasteiger partial charge in [0, 0.05) is 17.7 Å². The van der Waals surface area contributed by atoms with Crippen LogP contribution in [0.5, 0.6) is 5.75 Å². The van der Waals surface area contributed by atoms with E-state index in [1.54, 1.807) is 54.8 Å². The van der Waals surface area contributed by atoms with Gasteiger partial charge in [-0.25, -0.2) is 4.98 Å². The summed E-state index contributed by atoms with van der Waals surface area (Å²) in [7, 11) is 1.56. The highest BCUT2D eigenvalue weighted by Crippen LogP contribution is 2.24. The Kier molecular flexibility index (Phi) is 6.77. The van der Waals surface area contributed by atoms with Gasteiger partial charge in [0.05, 0.1) is 28.0 Å². The highest BCUT2D eigenvalue weighted by molar-refractivity contribution is 7.18. The molecule has 0 spiro atoms. The van der Waals surface area contributed by atoms with Gasteiger partial charge in [0.2, 0.25) is 5.91 Å². The molecule has 162 valence electrons. The average molecular weight is 446 g/mol. The Bertz CT molecular complexity index is 1200. The normalized spacial score (nSPS) is 10.7. The number of nitrogens with zero attached hydrogens (tertiary/aromatic N) is 1. The summed E-state index contributed by atoms with van der Waals surface area (Å²) >= 11 is 1.67. The first-order valence-corrected chi connectivity index (χ1v) is 11.1. The molecule has 0 saturated carbocycles. The summed E-state index contributed by atoms with van der Waals surface area (Å²) in [6.45, 7) is 0. The van der Waals surface area contributed by atoms with E-state index in [2.05, 4.69) is 21.7 Å². The Morgan fingerprint density at radius 2 is 1.69 bits per heavy atom. The number of ether oxygens (including phenoxy) is 1. The quantitative estimate of drug-likeness (QED) is 0.374. The maximum atomic E-state index is 12.5. The maximum absolute atomic E-state index is 12.5. The lowest BCUT2D eigenvalue weighted by Crippen LogP contribution is -2.14. The summed E-state index contributed by atoms with van der Waals surface area (Å²) in [6.07, 6.45) is 1.91. The fourth-order valence-corrected chi connectivity index (χ4v) is 4.31. The van der Waals surface area contributed by atoms with Crippen LogP contribution >= 0.6 is 11.3 Å². The number of anilines is 2. The molecule has 7 heteroatoms.